The number of benzene rings is 1. The number of nitro benzene ring substituents is 1. The molecule has 5 heteroatoms. The molecule has 0 spiro atoms. The molecule has 0 aliphatic rings. The van der Waals surface area contributed by atoms with Crippen molar-refractivity contribution in [2.75, 3.05) is 0 Å². The Morgan fingerprint density at radius 1 is 1.47 bits per heavy atom. The highest BCUT2D eigenvalue weighted by Gasteiger charge is 2.17. The van der Waals surface area contributed by atoms with E-state index in [1.165, 1.54) is 12.1 Å². The van der Waals surface area contributed by atoms with Gasteiger partial charge < -0.3 is 5.11 Å². The summed E-state index contributed by atoms with van der Waals surface area (Å²) in [5.41, 5.74) is 0.407. The van der Waals surface area contributed by atoms with Crippen LogP contribution in [0.25, 0.3) is 0 Å². The molecule has 1 N–H and O–H groups in total. The second kappa shape index (κ2) is 4.08. The van der Waals surface area contributed by atoms with Gasteiger partial charge in [-0.05, 0) is 11.5 Å². The van der Waals surface area contributed by atoms with Crippen molar-refractivity contribution in [2.45, 2.75) is 19.8 Å². The van der Waals surface area contributed by atoms with Crippen molar-refractivity contribution in [2.24, 2.45) is 0 Å². The van der Waals surface area contributed by atoms with E-state index in [1.54, 1.807) is 0 Å². The first-order valence-corrected chi connectivity index (χ1v) is 4.45. The Labute approximate surface area is 86.5 Å². The quantitative estimate of drug-likeness (QED) is 0.612. The number of hydrogen-bond donors (Lipinski definition) is 1. The normalized spacial score (nSPS) is 10.3. The lowest BCUT2D eigenvalue weighted by Crippen LogP contribution is -2.04. The van der Waals surface area contributed by atoms with Crippen molar-refractivity contribution < 1.29 is 14.8 Å². The summed E-state index contributed by atoms with van der Waals surface area (Å²) in [5.74, 6) is -1.11. The third-order valence-corrected chi connectivity index (χ3v) is 2.10. The van der Waals surface area contributed by atoms with Gasteiger partial charge >= 0.3 is 5.97 Å². The van der Waals surface area contributed by atoms with Crippen LogP contribution in [0.2, 0.25) is 0 Å². The minimum atomic E-state index is -1.14. The highest BCUT2D eigenvalue weighted by molar-refractivity contribution is 5.90. The summed E-state index contributed by atoms with van der Waals surface area (Å²) in [5, 5.41) is 19.4. The van der Waals surface area contributed by atoms with Gasteiger partial charge in [0.15, 0.2) is 0 Å². The van der Waals surface area contributed by atoms with Crippen molar-refractivity contribution in [3.63, 3.8) is 0 Å². The Morgan fingerprint density at radius 2 is 2.07 bits per heavy atom. The van der Waals surface area contributed by atoms with E-state index in [0.717, 1.165) is 6.07 Å². The van der Waals surface area contributed by atoms with E-state index in [2.05, 4.69) is 0 Å². The van der Waals surface area contributed by atoms with Crippen LogP contribution in [0.1, 0.15) is 35.7 Å². The van der Waals surface area contributed by atoms with Crippen molar-refractivity contribution in [3.05, 3.63) is 39.4 Å². The fraction of sp³-hybridized carbons (Fsp3) is 0.300. The van der Waals surface area contributed by atoms with Crippen LogP contribution in [-0.2, 0) is 0 Å². The first-order valence-electron chi connectivity index (χ1n) is 4.45. The Morgan fingerprint density at radius 3 is 2.47 bits per heavy atom. The maximum atomic E-state index is 10.9. The van der Waals surface area contributed by atoms with Gasteiger partial charge in [-0.1, -0.05) is 19.9 Å². The zero-order chi connectivity index (χ0) is 11.6. The first-order chi connectivity index (χ1) is 6.93. The van der Waals surface area contributed by atoms with Crippen molar-refractivity contribution in [1.29, 1.82) is 0 Å². The summed E-state index contributed by atoms with van der Waals surface area (Å²) >= 11 is 0. The molecule has 0 aliphatic heterocycles. The van der Waals surface area contributed by atoms with E-state index < -0.39 is 10.9 Å². The average Bonchev–Trinajstić information content (AvgIpc) is 2.16. The number of carbonyl (C=O) groups is 1. The topological polar surface area (TPSA) is 80.4 Å². The molecule has 0 saturated carbocycles. The summed E-state index contributed by atoms with van der Waals surface area (Å²) in [7, 11) is 0. The van der Waals surface area contributed by atoms with Gasteiger partial charge in [0.1, 0.15) is 0 Å². The summed E-state index contributed by atoms with van der Waals surface area (Å²) in [6.45, 7) is 3.68. The van der Waals surface area contributed by atoms with Crippen LogP contribution in [0.15, 0.2) is 18.2 Å². The molecule has 0 amide bonds. The smallest absolute Gasteiger partial charge is 0.336 e. The Bertz CT molecular complexity index is 412. The molecule has 0 fully saturated rings. The number of hydrogen-bond acceptors (Lipinski definition) is 3. The van der Waals surface area contributed by atoms with Gasteiger partial charge in [-0.15, -0.1) is 0 Å². The van der Waals surface area contributed by atoms with E-state index in [-0.39, 0.29) is 17.2 Å². The zero-order valence-electron chi connectivity index (χ0n) is 8.43. The van der Waals surface area contributed by atoms with Gasteiger partial charge in [-0.25, -0.2) is 4.79 Å². The van der Waals surface area contributed by atoms with Gasteiger partial charge in [0.05, 0.1) is 10.5 Å². The van der Waals surface area contributed by atoms with E-state index >= 15 is 0 Å². The van der Waals surface area contributed by atoms with Crippen LogP contribution >= 0.6 is 0 Å². The highest BCUT2D eigenvalue weighted by Crippen LogP contribution is 2.24. The minimum absolute atomic E-state index is 0.000741. The molecule has 0 atom stereocenters. The number of rotatable bonds is 3. The summed E-state index contributed by atoms with van der Waals surface area (Å²) < 4.78 is 0. The number of nitrogens with zero attached hydrogens (tertiary/aromatic N) is 1. The SMILES string of the molecule is CC(C)c1ccc([N+](=O)[O-])cc1C(=O)O. The molecule has 0 heterocycles. The molecule has 1 aromatic rings. The first kappa shape index (κ1) is 11.2. The number of non-ortho nitro benzene ring substituents is 1. The minimum Gasteiger partial charge on any atom is -0.478 e. The lowest BCUT2D eigenvalue weighted by Gasteiger charge is -2.08. The molecular formula is C10H11NO4. The zero-order valence-corrected chi connectivity index (χ0v) is 8.43. The third kappa shape index (κ3) is 2.31. The Balaban J connectivity index is 3.33. The highest BCUT2D eigenvalue weighted by atomic mass is 16.6. The van der Waals surface area contributed by atoms with Crippen LogP contribution in [0.5, 0.6) is 0 Å². The molecule has 80 valence electrons. The lowest BCUT2D eigenvalue weighted by atomic mass is 9.97. The summed E-state index contributed by atoms with van der Waals surface area (Å²) in [6.07, 6.45) is 0. The standard InChI is InChI=1S/C10H11NO4/c1-6(2)8-4-3-7(11(14)15)5-9(8)10(12)13/h3-6H,1-2H3,(H,12,13). The van der Waals surface area contributed by atoms with Crippen molar-refractivity contribution in [3.8, 4) is 0 Å². The van der Waals surface area contributed by atoms with Crippen LogP contribution < -0.4 is 0 Å². The summed E-state index contributed by atoms with van der Waals surface area (Å²) in [6, 6.07) is 3.91. The van der Waals surface area contributed by atoms with E-state index in [4.69, 9.17) is 5.11 Å². The molecule has 0 aromatic heterocycles. The molecule has 0 radical (unpaired) electrons. The fourth-order valence-electron chi connectivity index (χ4n) is 1.35. The molecule has 1 aromatic carbocycles. The lowest BCUT2D eigenvalue weighted by molar-refractivity contribution is -0.384. The fourth-order valence-corrected chi connectivity index (χ4v) is 1.35. The monoisotopic (exact) mass is 209 g/mol. The number of aromatic carboxylic acids is 1. The molecular weight excluding hydrogens is 198 g/mol. The van der Waals surface area contributed by atoms with E-state index in [1.807, 2.05) is 13.8 Å². The van der Waals surface area contributed by atoms with Crippen molar-refractivity contribution in [1.82, 2.24) is 0 Å². The van der Waals surface area contributed by atoms with E-state index in [9.17, 15) is 14.9 Å². The molecule has 0 saturated heterocycles. The summed E-state index contributed by atoms with van der Waals surface area (Å²) in [4.78, 5) is 20.7. The molecule has 0 aliphatic carbocycles. The van der Waals surface area contributed by atoms with Crippen molar-refractivity contribution >= 4 is 11.7 Å². The molecule has 0 bridgehead atoms. The number of carboxylic acid groups (broad SMARTS) is 1. The van der Waals surface area contributed by atoms with Gasteiger partial charge in [0.2, 0.25) is 0 Å². The molecule has 0 unspecified atom stereocenters. The van der Waals surface area contributed by atoms with Gasteiger partial charge in [-0.3, -0.25) is 10.1 Å². The second-order valence-electron chi connectivity index (χ2n) is 3.49. The van der Waals surface area contributed by atoms with Crippen LogP contribution in [0.4, 0.5) is 5.69 Å². The Hall–Kier alpha value is -1.91. The molecule has 5 nitrogen and oxygen atoms in total. The van der Waals surface area contributed by atoms with Crippen LogP contribution in [-0.4, -0.2) is 16.0 Å². The Kier molecular flexibility index (Phi) is 3.04. The van der Waals surface area contributed by atoms with Crippen LogP contribution in [0, 0.1) is 10.1 Å². The van der Waals surface area contributed by atoms with Gasteiger partial charge in [0.25, 0.3) is 5.69 Å². The second-order valence-corrected chi connectivity index (χ2v) is 3.49. The maximum Gasteiger partial charge on any atom is 0.336 e. The van der Waals surface area contributed by atoms with Crippen LogP contribution in [0.3, 0.4) is 0 Å². The predicted octanol–water partition coefficient (Wildman–Crippen LogP) is 2.42. The van der Waals surface area contributed by atoms with Gasteiger partial charge in [0, 0.05) is 12.1 Å². The number of carboxylic acids is 1. The molecule has 1 rings (SSSR count). The predicted molar refractivity (Wildman–Crippen MR) is 54.1 cm³/mol. The largest absolute Gasteiger partial charge is 0.478 e. The van der Waals surface area contributed by atoms with E-state index in [0.29, 0.717) is 5.56 Å². The average molecular weight is 209 g/mol. The maximum absolute atomic E-state index is 10.9. The third-order valence-electron chi connectivity index (χ3n) is 2.10. The van der Waals surface area contributed by atoms with Gasteiger partial charge in [-0.2, -0.15) is 0 Å². The number of nitro groups is 1. The molecule has 15 heavy (non-hydrogen) atoms.